The second kappa shape index (κ2) is 7.77. The van der Waals surface area contributed by atoms with E-state index in [1.54, 1.807) is 18.2 Å². The first-order valence-corrected chi connectivity index (χ1v) is 8.49. The maximum atomic E-state index is 12.0. The van der Waals surface area contributed by atoms with Gasteiger partial charge in [-0.2, -0.15) is 0 Å². The number of hydrogen-bond donors (Lipinski definition) is 1. The van der Waals surface area contributed by atoms with Crippen molar-refractivity contribution in [3.05, 3.63) is 34.3 Å². The standard InChI is InChI=1S/C17H22BrNO3/c1-11-6-5-9-15(12(11)2)19-16(20)10-22-17(21)13-7-3-4-8-14(13)18/h3-4,7-8,11-12,15H,5-6,9-10H2,1-2H3,(H,19,20)/t11-,12-,15+/m1/s1. The van der Waals surface area contributed by atoms with Crippen LogP contribution in [0.1, 0.15) is 43.5 Å². The molecule has 1 aliphatic carbocycles. The zero-order valence-electron chi connectivity index (χ0n) is 13.0. The van der Waals surface area contributed by atoms with E-state index >= 15 is 0 Å². The SMILES string of the molecule is C[C@@H]1[C@H](C)CCC[C@@H]1NC(=O)COC(=O)c1ccccc1Br. The van der Waals surface area contributed by atoms with E-state index < -0.39 is 5.97 Å². The molecule has 0 aromatic heterocycles. The summed E-state index contributed by atoms with van der Waals surface area (Å²) in [5.41, 5.74) is 0.426. The maximum absolute atomic E-state index is 12.0. The van der Waals surface area contributed by atoms with E-state index in [2.05, 4.69) is 35.1 Å². The van der Waals surface area contributed by atoms with Crippen LogP contribution in [-0.4, -0.2) is 24.5 Å². The van der Waals surface area contributed by atoms with Gasteiger partial charge >= 0.3 is 5.97 Å². The van der Waals surface area contributed by atoms with Gasteiger partial charge in [0.1, 0.15) is 0 Å². The van der Waals surface area contributed by atoms with Gasteiger partial charge in [0.25, 0.3) is 5.91 Å². The summed E-state index contributed by atoms with van der Waals surface area (Å²) in [5, 5.41) is 2.99. The number of carbonyl (C=O) groups is 2. The van der Waals surface area contributed by atoms with Gasteiger partial charge in [0, 0.05) is 10.5 Å². The number of benzene rings is 1. The van der Waals surface area contributed by atoms with Gasteiger partial charge in [-0.15, -0.1) is 0 Å². The molecule has 0 aliphatic heterocycles. The van der Waals surface area contributed by atoms with Gasteiger partial charge in [-0.1, -0.05) is 38.8 Å². The zero-order chi connectivity index (χ0) is 16.1. The Kier molecular flexibility index (Phi) is 6.00. The van der Waals surface area contributed by atoms with E-state index in [-0.39, 0.29) is 18.6 Å². The van der Waals surface area contributed by atoms with Gasteiger partial charge in [0.15, 0.2) is 6.61 Å². The highest BCUT2D eigenvalue weighted by atomic mass is 79.9. The third-order valence-corrected chi connectivity index (χ3v) is 5.17. The van der Waals surface area contributed by atoms with Gasteiger partial charge in [-0.3, -0.25) is 4.79 Å². The van der Waals surface area contributed by atoms with Crippen LogP contribution < -0.4 is 5.32 Å². The number of rotatable bonds is 4. The van der Waals surface area contributed by atoms with Gasteiger partial charge in [-0.05, 0) is 46.3 Å². The number of ether oxygens (including phenoxy) is 1. The van der Waals surface area contributed by atoms with Crippen LogP contribution in [0.25, 0.3) is 0 Å². The summed E-state index contributed by atoms with van der Waals surface area (Å²) >= 11 is 3.30. The zero-order valence-corrected chi connectivity index (χ0v) is 14.6. The molecule has 3 atom stereocenters. The van der Waals surface area contributed by atoms with Crippen molar-refractivity contribution in [3.8, 4) is 0 Å². The van der Waals surface area contributed by atoms with Crippen molar-refractivity contribution >= 4 is 27.8 Å². The molecule has 0 spiro atoms. The van der Waals surface area contributed by atoms with Crippen molar-refractivity contribution in [2.45, 2.75) is 39.2 Å². The quantitative estimate of drug-likeness (QED) is 0.827. The Morgan fingerprint density at radius 1 is 1.27 bits per heavy atom. The molecule has 0 bridgehead atoms. The molecule has 1 aliphatic rings. The molecule has 1 N–H and O–H groups in total. The van der Waals surface area contributed by atoms with Crippen LogP contribution in [0.15, 0.2) is 28.7 Å². The molecule has 0 radical (unpaired) electrons. The average Bonchev–Trinajstić information content (AvgIpc) is 2.50. The molecule has 1 fully saturated rings. The first-order valence-electron chi connectivity index (χ1n) is 7.70. The highest BCUT2D eigenvalue weighted by Gasteiger charge is 2.28. The van der Waals surface area contributed by atoms with E-state index in [0.29, 0.717) is 21.9 Å². The minimum Gasteiger partial charge on any atom is -0.452 e. The summed E-state index contributed by atoms with van der Waals surface area (Å²) in [4.78, 5) is 23.9. The lowest BCUT2D eigenvalue weighted by Gasteiger charge is -2.34. The number of hydrogen-bond acceptors (Lipinski definition) is 3. The Morgan fingerprint density at radius 2 is 2.00 bits per heavy atom. The van der Waals surface area contributed by atoms with Gasteiger partial charge < -0.3 is 10.1 Å². The van der Waals surface area contributed by atoms with Gasteiger partial charge in [0.2, 0.25) is 0 Å². The average molecular weight is 368 g/mol. The number of carbonyl (C=O) groups excluding carboxylic acids is 2. The minimum atomic E-state index is -0.493. The molecule has 0 unspecified atom stereocenters. The summed E-state index contributed by atoms with van der Waals surface area (Å²) in [6, 6.07) is 7.18. The molecule has 0 saturated heterocycles. The van der Waals surface area contributed by atoms with E-state index in [1.807, 2.05) is 6.07 Å². The Morgan fingerprint density at radius 3 is 2.73 bits per heavy atom. The molecular weight excluding hydrogens is 346 g/mol. The Labute approximate surface area is 139 Å². The number of amides is 1. The molecule has 22 heavy (non-hydrogen) atoms. The first-order chi connectivity index (χ1) is 10.5. The third kappa shape index (κ3) is 4.32. The highest BCUT2D eigenvalue weighted by molar-refractivity contribution is 9.10. The van der Waals surface area contributed by atoms with Crippen LogP contribution in [0.5, 0.6) is 0 Å². The molecule has 1 saturated carbocycles. The predicted molar refractivity (Wildman–Crippen MR) is 88.5 cm³/mol. The lowest BCUT2D eigenvalue weighted by atomic mass is 9.78. The van der Waals surface area contributed by atoms with Crippen LogP contribution in [0.2, 0.25) is 0 Å². The van der Waals surface area contributed by atoms with Crippen LogP contribution in [0.4, 0.5) is 0 Å². The summed E-state index contributed by atoms with van der Waals surface area (Å²) in [7, 11) is 0. The van der Waals surface area contributed by atoms with Crippen LogP contribution in [0, 0.1) is 11.8 Å². The summed E-state index contributed by atoms with van der Waals surface area (Å²) in [5.74, 6) is 0.345. The van der Waals surface area contributed by atoms with E-state index in [1.165, 1.54) is 6.42 Å². The van der Waals surface area contributed by atoms with Crippen molar-refractivity contribution in [1.82, 2.24) is 5.32 Å². The second-order valence-electron chi connectivity index (χ2n) is 6.00. The highest BCUT2D eigenvalue weighted by Crippen LogP contribution is 2.29. The monoisotopic (exact) mass is 367 g/mol. The van der Waals surface area contributed by atoms with Crippen molar-refractivity contribution < 1.29 is 14.3 Å². The molecule has 1 aromatic rings. The lowest BCUT2D eigenvalue weighted by molar-refractivity contribution is -0.125. The molecule has 0 heterocycles. The van der Waals surface area contributed by atoms with E-state index in [9.17, 15) is 9.59 Å². The Hall–Kier alpha value is -1.36. The minimum absolute atomic E-state index is 0.179. The number of nitrogens with one attached hydrogen (secondary N) is 1. The fourth-order valence-electron chi connectivity index (χ4n) is 2.87. The Bertz CT molecular complexity index is 546. The summed E-state index contributed by atoms with van der Waals surface area (Å²) in [6.45, 7) is 4.15. The maximum Gasteiger partial charge on any atom is 0.339 e. The second-order valence-corrected chi connectivity index (χ2v) is 6.85. The summed E-state index contributed by atoms with van der Waals surface area (Å²) < 4.78 is 5.76. The number of esters is 1. The third-order valence-electron chi connectivity index (χ3n) is 4.48. The van der Waals surface area contributed by atoms with Crippen LogP contribution in [0.3, 0.4) is 0 Å². The van der Waals surface area contributed by atoms with Gasteiger partial charge in [-0.25, -0.2) is 4.79 Å². The first kappa shape index (κ1) is 17.0. The normalized spacial score (nSPS) is 24.6. The molecule has 1 aromatic carbocycles. The van der Waals surface area contributed by atoms with Gasteiger partial charge in [0.05, 0.1) is 5.56 Å². The predicted octanol–water partition coefficient (Wildman–Crippen LogP) is 3.55. The topological polar surface area (TPSA) is 55.4 Å². The largest absolute Gasteiger partial charge is 0.452 e. The Balaban J connectivity index is 1.83. The van der Waals surface area contributed by atoms with Crippen LogP contribution in [-0.2, 0) is 9.53 Å². The fraction of sp³-hybridized carbons (Fsp3) is 0.529. The molecule has 1 amide bonds. The van der Waals surface area contributed by atoms with Crippen molar-refractivity contribution in [2.75, 3.05) is 6.61 Å². The van der Waals surface area contributed by atoms with E-state index in [4.69, 9.17) is 4.74 Å². The van der Waals surface area contributed by atoms with Crippen molar-refractivity contribution in [3.63, 3.8) is 0 Å². The smallest absolute Gasteiger partial charge is 0.339 e. The number of halogens is 1. The molecule has 4 nitrogen and oxygen atoms in total. The van der Waals surface area contributed by atoms with Crippen LogP contribution >= 0.6 is 15.9 Å². The van der Waals surface area contributed by atoms with Crippen molar-refractivity contribution in [2.24, 2.45) is 11.8 Å². The molecular formula is C17H22BrNO3. The van der Waals surface area contributed by atoms with Crippen molar-refractivity contribution in [1.29, 1.82) is 0 Å². The molecule has 5 heteroatoms. The summed E-state index contributed by atoms with van der Waals surface area (Å²) in [6.07, 6.45) is 3.34. The van der Waals surface area contributed by atoms with E-state index in [0.717, 1.165) is 12.8 Å². The fourth-order valence-corrected chi connectivity index (χ4v) is 3.32. The molecule has 2 rings (SSSR count). The molecule has 120 valence electrons. The lowest BCUT2D eigenvalue weighted by Crippen LogP contribution is -2.45.